The normalized spacial score (nSPS) is 13.1. The van der Waals surface area contributed by atoms with Gasteiger partial charge in [-0.2, -0.15) is 0 Å². The number of likely N-dealkylation sites (N-methyl/N-ethyl adjacent to an activating group) is 1. The number of nitrogens with zero attached hydrogens (tertiary/aromatic N) is 1. The zero-order chi connectivity index (χ0) is 16.3. The SMILES string of the molecule is CCNCc1sc(S(=O)(=O)NCC(C)(C)N(C)C)cc1C. The number of hydrogen-bond acceptors (Lipinski definition) is 5. The number of hydrogen-bond donors (Lipinski definition) is 2. The number of aryl methyl sites for hydroxylation is 1. The third-order valence-corrected chi connectivity index (χ3v) is 6.82. The summed E-state index contributed by atoms with van der Waals surface area (Å²) in [5.41, 5.74) is 0.791. The van der Waals surface area contributed by atoms with Gasteiger partial charge in [-0.05, 0) is 53.0 Å². The van der Waals surface area contributed by atoms with Crippen LogP contribution < -0.4 is 10.0 Å². The number of thiophene rings is 1. The van der Waals surface area contributed by atoms with E-state index in [9.17, 15) is 8.42 Å². The van der Waals surface area contributed by atoms with Crippen LogP contribution in [0.15, 0.2) is 10.3 Å². The summed E-state index contributed by atoms with van der Waals surface area (Å²) >= 11 is 1.34. The van der Waals surface area contributed by atoms with Gasteiger partial charge in [-0.1, -0.05) is 6.92 Å². The van der Waals surface area contributed by atoms with E-state index >= 15 is 0 Å². The molecule has 1 aromatic rings. The van der Waals surface area contributed by atoms with Crippen LogP contribution in [0.1, 0.15) is 31.2 Å². The van der Waals surface area contributed by atoms with Crippen molar-refractivity contribution in [2.24, 2.45) is 0 Å². The van der Waals surface area contributed by atoms with Gasteiger partial charge in [0, 0.05) is 23.5 Å². The second-order valence-corrected chi connectivity index (χ2v) is 9.11. The first-order valence-corrected chi connectivity index (χ1v) is 9.37. The van der Waals surface area contributed by atoms with Crippen LogP contribution in [-0.2, 0) is 16.6 Å². The van der Waals surface area contributed by atoms with E-state index in [-0.39, 0.29) is 5.54 Å². The maximum Gasteiger partial charge on any atom is 0.250 e. The van der Waals surface area contributed by atoms with E-state index in [1.54, 1.807) is 6.07 Å². The van der Waals surface area contributed by atoms with Gasteiger partial charge in [-0.3, -0.25) is 0 Å². The number of rotatable bonds is 8. The molecule has 1 aromatic heterocycles. The van der Waals surface area contributed by atoms with Crippen LogP contribution in [0.5, 0.6) is 0 Å². The average Bonchev–Trinajstić information content (AvgIpc) is 2.76. The summed E-state index contributed by atoms with van der Waals surface area (Å²) in [6, 6.07) is 1.75. The lowest BCUT2D eigenvalue weighted by molar-refractivity contribution is 0.199. The third kappa shape index (κ3) is 5.03. The Balaban J connectivity index is 2.84. The van der Waals surface area contributed by atoms with Crippen molar-refractivity contribution < 1.29 is 8.42 Å². The molecular weight excluding hydrogens is 306 g/mol. The fourth-order valence-corrected chi connectivity index (χ4v) is 4.34. The highest BCUT2D eigenvalue weighted by Gasteiger charge is 2.25. The van der Waals surface area contributed by atoms with E-state index in [1.807, 2.05) is 46.7 Å². The summed E-state index contributed by atoms with van der Waals surface area (Å²) in [6.07, 6.45) is 0. The first-order valence-electron chi connectivity index (χ1n) is 7.07. The molecular formula is C14H27N3O2S2. The number of nitrogens with one attached hydrogen (secondary N) is 2. The average molecular weight is 334 g/mol. The number of sulfonamides is 1. The molecule has 0 fully saturated rings. The molecule has 0 aliphatic rings. The molecule has 0 spiro atoms. The first-order chi connectivity index (χ1) is 9.60. The fraction of sp³-hybridized carbons (Fsp3) is 0.714. The van der Waals surface area contributed by atoms with Gasteiger partial charge in [0.25, 0.3) is 0 Å². The Bertz CT molecular complexity index is 563. The third-order valence-electron chi connectivity index (χ3n) is 3.70. The van der Waals surface area contributed by atoms with Crippen molar-refractivity contribution in [1.82, 2.24) is 14.9 Å². The fourth-order valence-electron chi connectivity index (χ4n) is 1.54. The molecule has 5 nitrogen and oxygen atoms in total. The van der Waals surface area contributed by atoms with Crippen LogP contribution in [-0.4, -0.2) is 46.0 Å². The smallest absolute Gasteiger partial charge is 0.250 e. The van der Waals surface area contributed by atoms with E-state index in [4.69, 9.17) is 0 Å². The first kappa shape index (κ1) is 18.6. The Kier molecular flexibility index (Phi) is 6.36. The monoisotopic (exact) mass is 333 g/mol. The molecule has 0 amide bonds. The van der Waals surface area contributed by atoms with Crippen molar-refractivity contribution in [3.05, 3.63) is 16.5 Å². The van der Waals surface area contributed by atoms with E-state index < -0.39 is 10.0 Å². The predicted molar refractivity (Wildman–Crippen MR) is 89.4 cm³/mol. The molecule has 0 atom stereocenters. The van der Waals surface area contributed by atoms with Crippen molar-refractivity contribution in [2.75, 3.05) is 27.2 Å². The maximum absolute atomic E-state index is 12.4. The zero-order valence-corrected chi connectivity index (χ0v) is 15.4. The predicted octanol–water partition coefficient (Wildman–Crippen LogP) is 1.78. The van der Waals surface area contributed by atoms with Gasteiger partial charge < -0.3 is 10.2 Å². The molecule has 0 saturated heterocycles. The second-order valence-electron chi connectivity index (χ2n) is 5.98. The topological polar surface area (TPSA) is 61.4 Å². The van der Waals surface area contributed by atoms with Crippen LogP contribution in [0, 0.1) is 6.92 Å². The van der Waals surface area contributed by atoms with Crippen molar-refractivity contribution in [1.29, 1.82) is 0 Å². The van der Waals surface area contributed by atoms with Crippen LogP contribution >= 0.6 is 11.3 Å². The van der Waals surface area contributed by atoms with Gasteiger partial charge in [0.1, 0.15) is 4.21 Å². The molecule has 0 radical (unpaired) electrons. The van der Waals surface area contributed by atoms with Crippen molar-refractivity contribution in [2.45, 2.75) is 44.0 Å². The van der Waals surface area contributed by atoms with Crippen LogP contribution in [0.4, 0.5) is 0 Å². The van der Waals surface area contributed by atoms with E-state index in [0.717, 1.165) is 17.0 Å². The Labute approximate surface area is 132 Å². The van der Waals surface area contributed by atoms with E-state index in [1.165, 1.54) is 11.3 Å². The van der Waals surface area contributed by atoms with Gasteiger partial charge in [0.05, 0.1) is 0 Å². The van der Waals surface area contributed by atoms with Crippen molar-refractivity contribution in [3.8, 4) is 0 Å². The summed E-state index contributed by atoms with van der Waals surface area (Å²) in [5.74, 6) is 0. The summed E-state index contributed by atoms with van der Waals surface area (Å²) in [4.78, 5) is 3.08. The van der Waals surface area contributed by atoms with Gasteiger partial charge in [0.15, 0.2) is 0 Å². The highest BCUT2D eigenvalue weighted by Crippen LogP contribution is 2.26. The molecule has 0 aromatic carbocycles. The Morgan fingerprint density at radius 3 is 2.48 bits per heavy atom. The molecule has 7 heteroatoms. The van der Waals surface area contributed by atoms with Gasteiger partial charge in [0.2, 0.25) is 10.0 Å². The second kappa shape index (κ2) is 7.19. The molecule has 0 aliphatic carbocycles. The standard InChI is InChI=1S/C14H27N3O2S2/c1-7-15-9-12-11(2)8-13(20-12)21(18,19)16-10-14(3,4)17(5)6/h8,15-16H,7,9-10H2,1-6H3. The summed E-state index contributed by atoms with van der Waals surface area (Å²) in [6.45, 7) is 9.96. The highest BCUT2D eigenvalue weighted by molar-refractivity contribution is 7.91. The minimum atomic E-state index is -3.44. The molecule has 21 heavy (non-hydrogen) atoms. The quantitative estimate of drug-likeness (QED) is 0.761. The zero-order valence-electron chi connectivity index (χ0n) is 13.8. The largest absolute Gasteiger partial charge is 0.312 e. The lowest BCUT2D eigenvalue weighted by Gasteiger charge is -2.32. The van der Waals surface area contributed by atoms with Gasteiger partial charge >= 0.3 is 0 Å². The maximum atomic E-state index is 12.4. The molecule has 0 aliphatic heterocycles. The van der Waals surface area contributed by atoms with E-state index in [2.05, 4.69) is 10.0 Å². The van der Waals surface area contributed by atoms with Gasteiger partial charge in [-0.15, -0.1) is 11.3 Å². The minimum Gasteiger partial charge on any atom is -0.312 e. The molecule has 122 valence electrons. The Morgan fingerprint density at radius 1 is 1.33 bits per heavy atom. The molecule has 0 saturated carbocycles. The lowest BCUT2D eigenvalue weighted by atomic mass is 10.1. The molecule has 2 N–H and O–H groups in total. The minimum absolute atomic E-state index is 0.230. The Hall–Kier alpha value is -0.470. The summed E-state index contributed by atoms with van der Waals surface area (Å²) in [7, 11) is 0.446. The highest BCUT2D eigenvalue weighted by atomic mass is 32.2. The van der Waals surface area contributed by atoms with Crippen LogP contribution in [0.2, 0.25) is 0 Å². The molecule has 0 bridgehead atoms. The van der Waals surface area contributed by atoms with Crippen LogP contribution in [0.25, 0.3) is 0 Å². The Morgan fingerprint density at radius 2 is 1.95 bits per heavy atom. The van der Waals surface area contributed by atoms with Crippen LogP contribution in [0.3, 0.4) is 0 Å². The van der Waals surface area contributed by atoms with Gasteiger partial charge in [-0.25, -0.2) is 13.1 Å². The van der Waals surface area contributed by atoms with E-state index in [0.29, 0.717) is 17.3 Å². The van der Waals surface area contributed by atoms with Crippen molar-refractivity contribution >= 4 is 21.4 Å². The summed E-state index contributed by atoms with van der Waals surface area (Å²) in [5, 5.41) is 3.23. The molecule has 1 heterocycles. The van der Waals surface area contributed by atoms with Crippen molar-refractivity contribution in [3.63, 3.8) is 0 Å². The molecule has 1 rings (SSSR count). The lowest BCUT2D eigenvalue weighted by Crippen LogP contribution is -2.48. The summed E-state index contributed by atoms with van der Waals surface area (Å²) < 4.78 is 27.9. The molecule has 0 unspecified atom stereocenters.